The van der Waals surface area contributed by atoms with Crippen LogP contribution in [0.3, 0.4) is 0 Å². The fourth-order valence-electron chi connectivity index (χ4n) is 2.50. The van der Waals surface area contributed by atoms with E-state index in [-0.39, 0.29) is 30.0 Å². The molecular formula is C17H14FN3O3. The lowest BCUT2D eigenvalue weighted by Crippen LogP contribution is -2.34. The Morgan fingerprint density at radius 3 is 2.58 bits per heavy atom. The molecule has 7 heteroatoms. The molecule has 2 aromatic rings. The first-order chi connectivity index (χ1) is 11.6. The molecule has 0 radical (unpaired) electrons. The van der Waals surface area contributed by atoms with Crippen LogP contribution in [0.25, 0.3) is 0 Å². The van der Waals surface area contributed by atoms with E-state index in [9.17, 15) is 18.8 Å². The third-order valence-electron chi connectivity index (χ3n) is 3.75. The monoisotopic (exact) mass is 327 g/mol. The number of carbonyl (C=O) groups excluding carboxylic acids is 3. The van der Waals surface area contributed by atoms with Crippen molar-refractivity contribution in [2.45, 2.75) is 13.0 Å². The van der Waals surface area contributed by atoms with E-state index in [0.717, 1.165) is 16.5 Å². The molecule has 0 saturated carbocycles. The van der Waals surface area contributed by atoms with Crippen LogP contribution in [0.2, 0.25) is 0 Å². The summed E-state index contributed by atoms with van der Waals surface area (Å²) < 4.78 is 13.7. The molecule has 3 rings (SSSR count). The molecule has 0 fully saturated rings. The third kappa shape index (κ3) is 3.01. The van der Waals surface area contributed by atoms with Crippen molar-refractivity contribution in [3.63, 3.8) is 0 Å². The van der Waals surface area contributed by atoms with Gasteiger partial charge in [-0.3, -0.25) is 24.3 Å². The molecule has 1 aromatic carbocycles. The molecule has 122 valence electrons. The Hall–Kier alpha value is -3.09. The van der Waals surface area contributed by atoms with Gasteiger partial charge in [-0.2, -0.15) is 0 Å². The Labute approximate surface area is 137 Å². The maximum atomic E-state index is 13.7. The second-order valence-electron chi connectivity index (χ2n) is 5.31. The van der Waals surface area contributed by atoms with E-state index in [2.05, 4.69) is 10.3 Å². The van der Waals surface area contributed by atoms with Crippen molar-refractivity contribution in [3.8, 4) is 0 Å². The predicted molar refractivity (Wildman–Crippen MR) is 82.5 cm³/mol. The van der Waals surface area contributed by atoms with E-state index in [4.69, 9.17) is 0 Å². The minimum Gasteiger partial charge on any atom is -0.352 e. The van der Waals surface area contributed by atoms with Crippen LogP contribution in [-0.4, -0.2) is 34.2 Å². The van der Waals surface area contributed by atoms with Crippen LogP contribution < -0.4 is 5.32 Å². The van der Waals surface area contributed by atoms with Gasteiger partial charge in [0.2, 0.25) is 5.91 Å². The summed E-state index contributed by atoms with van der Waals surface area (Å²) in [6, 6.07) is 7.46. The van der Waals surface area contributed by atoms with Gasteiger partial charge in [-0.15, -0.1) is 0 Å². The van der Waals surface area contributed by atoms with Gasteiger partial charge in [0.15, 0.2) is 0 Å². The number of halogens is 1. The van der Waals surface area contributed by atoms with Crippen molar-refractivity contribution in [2.24, 2.45) is 0 Å². The van der Waals surface area contributed by atoms with Crippen LogP contribution in [0.5, 0.6) is 0 Å². The van der Waals surface area contributed by atoms with Gasteiger partial charge in [-0.05, 0) is 29.8 Å². The highest BCUT2D eigenvalue weighted by Gasteiger charge is 2.37. The van der Waals surface area contributed by atoms with Crippen LogP contribution in [-0.2, 0) is 11.3 Å². The van der Waals surface area contributed by atoms with Crippen molar-refractivity contribution in [1.29, 1.82) is 0 Å². The van der Waals surface area contributed by atoms with E-state index >= 15 is 0 Å². The van der Waals surface area contributed by atoms with Gasteiger partial charge in [-0.1, -0.05) is 6.07 Å². The van der Waals surface area contributed by atoms with Crippen LogP contribution in [0, 0.1) is 5.82 Å². The van der Waals surface area contributed by atoms with Gasteiger partial charge in [0.05, 0.1) is 11.1 Å². The average molecular weight is 327 g/mol. The van der Waals surface area contributed by atoms with Crippen LogP contribution in [0.1, 0.15) is 32.7 Å². The van der Waals surface area contributed by atoms with Crippen molar-refractivity contribution in [3.05, 3.63) is 65.2 Å². The quantitative estimate of drug-likeness (QED) is 0.845. The summed E-state index contributed by atoms with van der Waals surface area (Å²) in [5.41, 5.74) is 0.707. The predicted octanol–water partition coefficient (Wildman–Crippen LogP) is 1.52. The first kappa shape index (κ1) is 15.8. The summed E-state index contributed by atoms with van der Waals surface area (Å²) in [5, 5.41) is 2.70. The minimum absolute atomic E-state index is 0.0391. The number of imide groups is 1. The maximum absolute atomic E-state index is 13.7. The Bertz CT molecular complexity index is 808. The Morgan fingerprint density at radius 1 is 1.12 bits per heavy atom. The normalized spacial score (nSPS) is 13.1. The molecule has 1 aromatic heterocycles. The second-order valence-corrected chi connectivity index (χ2v) is 5.31. The number of hydrogen-bond acceptors (Lipinski definition) is 4. The third-order valence-corrected chi connectivity index (χ3v) is 3.75. The zero-order valence-electron chi connectivity index (χ0n) is 12.7. The van der Waals surface area contributed by atoms with E-state index in [1.54, 1.807) is 24.5 Å². The first-order valence-corrected chi connectivity index (χ1v) is 7.38. The number of amides is 3. The summed E-state index contributed by atoms with van der Waals surface area (Å²) in [4.78, 5) is 41.0. The van der Waals surface area contributed by atoms with E-state index in [1.807, 2.05) is 0 Å². The summed E-state index contributed by atoms with van der Waals surface area (Å²) in [7, 11) is 0. The number of aromatic nitrogens is 1. The van der Waals surface area contributed by atoms with Crippen molar-refractivity contribution in [1.82, 2.24) is 15.2 Å². The minimum atomic E-state index is -0.726. The lowest BCUT2D eigenvalue weighted by Gasteiger charge is -2.13. The lowest BCUT2D eigenvalue weighted by atomic mass is 10.1. The fraction of sp³-hybridized carbons (Fsp3) is 0.176. The highest BCUT2D eigenvalue weighted by atomic mass is 19.1. The highest BCUT2D eigenvalue weighted by Crippen LogP contribution is 2.25. The smallest absolute Gasteiger partial charge is 0.264 e. The number of pyridine rings is 1. The van der Waals surface area contributed by atoms with Gasteiger partial charge < -0.3 is 5.32 Å². The number of benzene rings is 1. The standard InChI is InChI=1S/C17H14FN3O3/c18-13-3-1-2-12-15(13)17(24)21(16(12)23)9-6-14(22)20-10-11-4-7-19-8-5-11/h1-5,7-8H,6,9-10H2,(H,20,22). The molecule has 1 aliphatic heterocycles. The molecule has 2 heterocycles. The zero-order valence-corrected chi connectivity index (χ0v) is 12.7. The van der Waals surface area contributed by atoms with Gasteiger partial charge >= 0.3 is 0 Å². The van der Waals surface area contributed by atoms with Crippen LogP contribution in [0.4, 0.5) is 4.39 Å². The number of nitrogens with one attached hydrogen (secondary N) is 1. The average Bonchev–Trinajstić information content (AvgIpc) is 2.84. The molecule has 0 saturated heterocycles. The molecule has 0 spiro atoms. The number of hydrogen-bond donors (Lipinski definition) is 1. The molecule has 1 N–H and O–H groups in total. The Balaban J connectivity index is 1.58. The van der Waals surface area contributed by atoms with Gasteiger partial charge in [-0.25, -0.2) is 4.39 Å². The highest BCUT2D eigenvalue weighted by molar-refractivity contribution is 6.21. The molecule has 0 atom stereocenters. The molecular weight excluding hydrogens is 313 g/mol. The van der Waals surface area contributed by atoms with Gasteiger partial charge in [0.25, 0.3) is 11.8 Å². The molecule has 6 nitrogen and oxygen atoms in total. The summed E-state index contributed by atoms with van der Waals surface area (Å²) >= 11 is 0. The fourth-order valence-corrected chi connectivity index (χ4v) is 2.50. The van der Waals surface area contributed by atoms with Gasteiger partial charge in [0, 0.05) is 31.9 Å². The maximum Gasteiger partial charge on any atom is 0.264 e. The number of fused-ring (bicyclic) bond motifs is 1. The molecule has 3 amide bonds. The first-order valence-electron chi connectivity index (χ1n) is 7.38. The van der Waals surface area contributed by atoms with Gasteiger partial charge in [0.1, 0.15) is 5.82 Å². The lowest BCUT2D eigenvalue weighted by molar-refractivity contribution is -0.121. The van der Waals surface area contributed by atoms with Crippen LogP contribution in [0.15, 0.2) is 42.7 Å². The van der Waals surface area contributed by atoms with Crippen molar-refractivity contribution >= 4 is 17.7 Å². The van der Waals surface area contributed by atoms with E-state index < -0.39 is 17.6 Å². The SMILES string of the molecule is O=C(CCN1C(=O)c2cccc(F)c2C1=O)NCc1ccncc1. The second kappa shape index (κ2) is 6.57. The molecule has 0 bridgehead atoms. The molecule has 24 heavy (non-hydrogen) atoms. The number of nitrogens with zero attached hydrogens (tertiary/aromatic N) is 2. The van der Waals surface area contributed by atoms with Crippen LogP contribution >= 0.6 is 0 Å². The Morgan fingerprint density at radius 2 is 1.88 bits per heavy atom. The van der Waals surface area contributed by atoms with E-state index in [1.165, 1.54) is 12.1 Å². The largest absolute Gasteiger partial charge is 0.352 e. The van der Waals surface area contributed by atoms with Crippen molar-refractivity contribution in [2.75, 3.05) is 6.54 Å². The molecule has 1 aliphatic rings. The summed E-state index contributed by atoms with van der Waals surface area (Å²) in [5.74, 6) is -2.30. The zero-order chi connectivity index (χ0) is 17.1. The number of rotatable bonds is 5. The summed E-state index contributed by atoms with van der Waals surface area (Å²) in [6.45, 7) is 0.242. The topological polar surface area (TPSA) is 79.4 Å². The summed E-state index contributed by atoms with van der Waals surface area (Å²) in [6.07, 6.45) is 3.20. The molecule has 0 unspecified atom stereocenters. The van der Waals surface area contributed by atoms with Crippen molar-refractivity contribution < 1.29 is 18.8 Å². The van der Waals surface area contributed by atoms with E-state index in [0.29, 0.717) is 6.54 Å². The number of carbonyl (C=O) groups is 3. The molecule has 0 aliphatic carbocycles. The Kier molecular flexibility index (Phi) is 4.33.